The molecule has 0 amide bonds. The molecule has 0 atom stereocenters. The number of hydrogen-bond donors (Lipinski definition) is 1. The summed E-state index contributed by atoms with van der Waals surface area (Å²) >= 11 is 0. The van der Waals surface area contributed by atoms with Crippen LogP contribution in [0, 0.1) is 10.1 Å². The average Bonchev–Trinajstić information content (AvgIpc) is 2.39. The van der Waals surface area contributed by atoms with Crippen molar-refractivity contribution < 1.29 is 14.8 Å². The van der Waals surface area contributed by atoms with Gasteiger partial charge in [0.25, 0.3) is 5.69 Å². The first kappa shape index (κ1) is 16.1. The van der Waals surface area contributed by atoms with Crippen LogP contribution in [0.5, 0.6) is 0 Å². The lowest BCUT2D eigenvalue weighted by atomic mass is 10.0. The zero-order valence-electron chi connectivity index (χ0n) is 12.0. The van der Waals surface area contributed by atoms with Crippen molar-refractivity contribution in [2.24, 2.45) is 0 Å². The Hall–Kier alpha value is -1.95. The molecule has 0 radical (unpaired) electrons. The third-order valence-corrected chi connectivity index (χ3v) is 3.52. The predicted molar refractivity (Wildman–Crippen MR) is 75.9 cm³/mol. The summed E-state index contributed by atoms with van der Waals surface area (Å²) in [5, 5.41) is 20.2. The van der Waals surface area contributed by atoms with Crippen LogP contribution in [0.4, 0.5) is 5.69 Å². The van der Waals surface area contributed by atoms with E-state index in [0.717, 1.165) is 12.8 Å². The van der Waals surface area contributed by atoms with E-state index in [4.69, 9.17) is 0 Å². The highest BCUT2D eigenvalue weighted by Crippen LogP contribution is 2.24. The van der Waals surface area contributed by atoms with Gasteiger partial charge in [0.15, 0.2) is 0 Å². The van der Waals surface area contributed by atoms with Crippen molar-refractivity contribution in [3.05, 3.63) is 39.4 Å². The highest BCUT2D eigenvalue weighted by atomic mass is 16.6. The van der Waals surface area contributed by atoms with Crippen molar-refractivity contribution in [1.29, 1.82) is 0 Å². The maximum absolute atomic E-state index is 11.3. The zero-order valence-corrected chi connectivity index (χ0v) is 12.0. The van der Waals surface area contributed by atoms with E-state index in [0.29, 0.717) is 18.2 Å². The largest absolute Gasteiger partial charge is 0.477 e. The molecule has 0 fully saturated rings. The van der Waals surface area contributed by atoms with Gasteiger partial charge in [-0.05, 0) is 25.5 Å². The van der Waals surface area contributed by atoms with Gasteiger partial charge in [-0.3, -0.25) is 15.0 Å². The van der Waals surface area contributed by atoms with Crippen molar-refractivity contribution in [3.63, 3.8) is 0 Å². The SMILES string of the molecule is CCC(CC)N(C)Cc1cccc([N+](=O)[O-])c1C(=O)O. The Morgan fingerprint density at radius 3 is 2.45 bits per heavy atom. The van der Waals surface area contributed by atoms with Gasteiger partial charge < -0.3 is 5.11 Å². The summed E-state index contributed by atoms with van der Waals surface area (Å²) in [6.07, 6.45) is 1.90. The molecule has 20 heavy (non-hydrogen) atoms. The fraction of sp³-hybridized carbons (Fsp3) is 0.500. The minimum absolute atomic E-state index is 0.213. The Morgan fingerprint density at radius 1 is 1.40 bits per heavy atom. The summed E-state index contributed by atoms with van der Waals surface area (Å²) in [5.74, 6) is -1.26. The second-order valence-electron chi connectivity index (χ2n) is 4.76. The van der Waals surface area contributed by atoms with Gasteiger partial charge in [-0.15, -0.1) is 0 Å². The van der Waals surface area contributed by atoms with Crippen LogP contribution < -0.4 is 0 Å². The first-order valence-electron chi connectivity index (χ1n) is 6.62. The molecule has 0 aliphatic carbocycles. The Balaban J connectivity index is 3.15. The van der Waals surface area contributed by atoms with E-state index in [1.54, 1.807) is 6.07 Å². The highest BCUT2D eigenvalue weighted by molar-refractivity contribution is 5.94. The predicted octanol–water partition coefficient (Wildman–Crippen LogP) is 2.91. The standard InChI is InChI=1S/C14H20N2O4/c1-4-11(5-2)15(3)9-10-7-6-8-12(16(19)20)13(10)14(17)18/h6-8,11H,4-5,9H2,1-3H3,(H,17,18). The lowest BCUT2D eigenvalue weighted by Crippen LogP contribution is -2.30. The molecule has 0 heterocycles. The van der Waals surface area contributed by atoms with Gasteiger partial charge >= 0.3 is 5.97 Å². The number of nitrogens with zero attached hydrogens (tertiary/aromatic N) is 2. The number of carbonyl (C=O) groups is 1. The first-order chi connectivity index (χ1) is 9.42. The van der Waals surface area contributed by atoms with E-state index in [1.807, 2.05) is 11.9 Å². The average molecular weight is 280 g/mol. The summed E-state index contributed by atoms with van der Waals surface area (Å²) in [7, 11) is 1.90. The Bertz CT molecular complexity index is 498. The molecule has 0 bridgehead atoms. The van der Waals surface area contributed by atoms with E-state index in [9.17, 15) is 20.0 Å². The van der Waals surface area contributed by atoms with Gasteiger partial charge in [0.05, 0.1) is 4.92 Å². The summed E-state index contributed by atoms with van der Waals surface area (Å²) in [5.41, 5.74) is -0.0932. The van der Waals surface area contributed by atoms with Crippen molar-refractivity contribution in [1.82, 2.24) is 4.90 Å². The molecule has 0 aliphatic heterocycles. The number of carboxylic acids is 1. The van der Waals surface area contributed by atoms with Gasteiger partial charge in [-0.1, -0.05) is 26.0 Å². The second-order valence-corrected chi connectivity index (χ2v) is 4.76. The van der Waals surface area contributed by atoms with Crippen LogP contribution in [0.15, 0.2) is 18.2 Å². The molecule has 6 heteroatoms. The van der Waals surface area contributed by atoms with Crippen molar-refractivity contribution in [2.45, 2.75) is 39.3 Å². The fourth-order valence-corrected chi connectivity index (χ4v) is 2.43. The van der Waals surface area contributed by atoms with Gasteiger partial charge in [0, 0.05) is 18.7 Å². The number of aromatic carboxylic acids is 1. The van der Waals surface area contributed by atoms with Crippen LogP contribution in [0.1, 0.15) is 42.6 Å². The van der Waals surface area contributed by atoms with Crippen LogP contribution in [-0.2, 0) is 6.54 Å². The molecule has 1 aromatic rings. The Kier molecular flexibility index (Phi) is 5.64. The maximum atomic E-state index is 11.3. The number of rotatable bonds is 7. The lowest BCUT2D eigenvalue weighted by Gasteiger charge is -2.26. The molecule has 1 rings (SSSR count). The van der Waals surface area contributed by atoms with Crippen LogP contribution >= 0.6 is 0 Å². The molecule has 0 saturated heterocycles. The molecule has 110 valence electrons. The van der Waals surface area contributed by atoms with Crippen LogP contribution in [0.25, 0.3) is 0 Å². The molecule has 0 saturated carbocycles. The highest BCUT2D eigenvalue weighted by Gasteiger charge is 2.24. The molecule has 0 aromatic heterocycles. The quantitative estimate of drug-likeness (QED) is 0.613. The molecule has 0 spiro atoms. The topological polar surface area (TPSA) is 83.7 Å². The van der Waals surface area contributed by atoms with Gasteiger partial charge in [-0.25, -0.2) is 4.79 Å². The van der Waals surface area contributed by atoms with Crippen LogP contribution in [-0.4, -0.2) is 34.0 Å². The van der Waals surface area contributed by atoms with E-state index in [2.05, 4.69) is 13.8 Å². The van der Waals surface area contributed by atoms with E-state index in [1.165, 1.54) is 12.1 Å². The number of benzene rings is 1. The Labute approximate surface area is 118 Å². The van der Waals surface area contributed by atoms with E-state index < -0.39 is 10.9 Å². The zero-order chi connectivity index (χ0) is 15.3. The van der Waals surface area contributed by atoms with Gasteiger partial charge in [0.2, 0.25) is 0 Å². The fourth-order valence-electron chi connectivity index (χ4n) is 2.43. The molecule has 1 N–H and O–H groups in total. The first-order valence-corrected chi connectivity index (χ1v) is 6.62. The Morgan fingerprint density at radius 2 is 2.00 bits per heavy atom. The number of hydrogen-bond acceptors (Lipinski definition) is 4. The minimum atomic E-state index is -1.26. The maximum Gasteiger partial charge on any atom is 0.343 e. The summed E-state index contributed by atoms with van der Waals surface area (Å²) < 4.78 is 0. The molecule has 6 nitrogen and oxygen atoms in total. The molecule has 0 aliphatic rings. The number of carboxylic acid groups (broad SMARTS) is 1. The number of nitro groups is 1. The van der Waals surface area contributed by atoms with Crippen LogP contribution in [0.2, 0.25) is 0 Å². The summed E-state index contributed by atoms with van der Waals surface area (Å²) in [4.78, 5) is 23.6. The van der Waals surface area contributed by atoms with Gasteiger partial charge in [0.1, 0.15) is 5.56 Å². The third-order valence-electron chi connectivity index (χ3n) is 3.52. The molecule has 1 aromatic carbocycles. The van der Waals surface area contributed by atoms with E-state index >= 15 is 0 Å². The smallest absolute Gasteiger partial charge is 0.343 e. The van der Waals surface area contributed by atoms with Gasteiger partial charge in [-0.2, -0.15) is 0 Å². The van der Waals surface area contributed by atoms with Crippen molar-refractivity contribution in [2.75, 3.05) is 7.05 Å². The monoisotopic (exact) mass is 280 g/mol. The summed E-state index contributed by atoms with van der Waals surface area (Å²) in [6, 6.07) is 4.72. The van der Waals surface area contributed by atoms with Crippen molar-refractivity contribution in [3.8, 4) is 0 Å². The molecular weight excluding hydrogens is 260 g/mol. The van der Waals surface area contributed by atoms with E-state index in [-0.39, 0.29) is 11.3 Å². The third kappa shape index (κ3) is 3.54. The number of nitro benzene ring substituents is 1. The summed E-state index contributed by atoms with van der Waals surface area (Å²) in [6.45, 7) is 4.52. The second kappa shape index (κ2) is 7.00. The lowest BCUT2D eigenvalue weighted by molar-refractivity contribution is -0.385. The van der Waals surface area contributed by atoms with Crippen molar-refractivity contribution >= 4 is 11.7 Å². The minimum Gasteiger partial charge on any atom is -0.477 e. The normalized spacial score (nSPS) is 11.1. The molecule has 0 unspecified atom stereocenters. The van der Waals surface area contributed by atoms with Crippen LogP contribution in [0.3, 0.4) is 0 Å². The molecular formula is C14H20N2O4.